The van der Waals surface area contributed by atoms with Crippen LogP contribution in [0.2, 0.25) is 6.32 Å². The molecule has 0 aliphatic rings. The largest absolute Gasteiger partial charge is 0.306 e. The summed E-state index contributed by atoms with van der Waals surface area (Å²) in [5.41, 5.74) is 5.47. The van der Waals surface area contributed by atoms with Gasteiger partial charge in [-0.1, -0.05) is 73.1 Å². The topological polar surface area (TPSA) is 17.8 Å². The molecule has 0 aliphatic carbocycles. The van der Waals surface area contributed by atoms with Crippen molar-refractivity contribution < 1.29 is 4.39 Å². The van der Waals surface area contributed by atoms with Gasteiger partial charge in [-0.25, -0.2) is 9.37 Å². The first kappa shape index (κ1) is 20.3. The minimum atomic E-state index is -0.207. The fraction of sp³-hybridized carbons (Fsp3) is 0.0800. The van der Waals surface area contributed by atoms with E-state index in [4.69, 9.17) is 7.85 Å². The van der Waals surface area contributed by atoms with E-state index < -0.39 is 0 Å². The van der Waals surface area contributed by atoms with Crippen LogP contribution in [0.1, 0.15) is 16.7 Å². The number of rotatable bonds is 4. The lowest BCUT2D eigenvalue weighted by molar-refractivity contribution is 0.626. The first-order valence-corrected chi connectivity index (χ1v) is 9.44. The van der Waals surface area contributed by atoms with Crippen LogP contribution in [0, 0.1) is 12.7 Å². The highest BCUT2D eigenvalue weighted by atomic mass is 19.1. The quantitative estimate of drug-likeness (QED) is 0.396. The number of aryl methyl sites for hydroxylation is 1. The maximum atomic E-state index is 12.8. The summed E-state index contributed by atoms with van der Waals surface area (Å²) in [6, 6.07) is 25.3. The van der Waals surface area contributed by atoms with Gasteiger partial charge in [-0.3, -0.25) is 0 Å². The van der Waals surface area contributed by atoms with Crippen molar-refractivity contribution >= 4 is 13.4 Å². The van der Waals surface area contributed by atoms with Crippen molar-refractivity contribution in [2.75, 3.05) is 0 Å². The van der Waals surface area contributed by atoms with Crippen LogP contribution in [0.5, 0.6) is 0 Å². The van der Waals surface area contributed by atoms with Crippen molar-refractivity contribution in [2.24, 2.45) is 0 Å². The second-order valence-electron chi connectivity index (χ2n) is 6.49. The van der Waals surface area contributed by atoms with Crippen molar-refractivity contribution in [2.45, 2.75) is 13.2 Å². The molecule has 0 atom stereocenters. The van der Waals surface area contributed by atoms with E-state index >= 15 is 0 Å². The lowest BCUT2D eigenvalue weighted by atomic mass is 9.93. The molecule has 3 aromatic carbocycles. The smallest absolute Gasteiger partial charge is 0.123 e. The SMILES string of the molecule is Cc1cc(F)ccc1-n1ccnc1.[B]CC=C(c1ccccc1)c1ccccc1. The molecule has 4 heteroatoms. The van der Waals surface area contributed by atoms with Crippen LogP contribution in [-0.2, 0) is 0 Å². The van der Waals surface area contributed by atoms with E-state index in [-0.39, 0.29) is 5.82 Å². The molecule has 0 amide bonds. The molecule has 4 rings (SSSR count). The number of halogens is 1. The van der Waals surface area contributed by atoms with Gasteiger partial charge in [0.1, 0.15) is 5.82 Å². The zero-order chi connectivity index (χ0) is 20.5. The summed E-state index contributed by atoms with van der Waals surface area (Å²) in [7, 11) is 5.63. The molecule has 0 N–H and O–H groups in total. The molecule has 0 bridgehead atoms. The molecule has 0 saturated carbocycles. The molecule has 29 heavy (non-hydrogen) atoms. The number of hydrogen-bond acceptors (Lipinski definition) is 1. The van der Waals surface area contributed by atoms with Crippen LogP contribution in [0.25, 0.3) is 11.3 Å². The number of allylic oxidation sites excluding steroid dienone is 1. The molecule has 1 heterocycles. The zero-order valence-electron chi connectivity index (χ0n) is 16.4. The summed E-state index contributed by atoms with van der Waals surface area (Å²) in [4.78, 5) is 3.93. The number of nitrogens with zero attached hydrogens (tertiary/aromatic N) is 2. The monoisotopic (exact) mass is 380 g/mol. The van der Waals surface area contributed by atoms with E-state index in [1.807, 2.05) is 54.1 Å². The van der Waals surface area contributed by atoms with Crippen molar-refractivity contribution in [3.05, 3.63) is 126 Å². The standard InChI is InChI=1S/C15H13B.C10H9FN2/c16-12-11-15(13-7-3-1-4-8-13)14-9-5-2-6-10-14;1-8-6-9(11)2-3-10(8)13-5-4-12-7-13/h1-11H,12H2;2-7H,1H3. The van der Waals surface area contributed by atoms with Gasteiger partial charge in [-0.2, -0.15) is 0 Å². The average molecular weight is 380 g/mol. The van der Waals surface area contributed by atoms with Crippen molar-refractivity contribution in [1.82, 2.24) is 9.55 Å². The zero-order valence-corrected chi connectivity index (χ0v) is 16.4. The van der Waals surface area contributed by atoms with Crippen LogP contribution in [0.3, 0.4) is 0 Å². The average Bonchev–Trinajstić information content (AvgIpc) is 3.28. The van der Waals surface area contributed by atoms with Crippen LogP contribution >= 0.6 is 0 Å². The molecule has 0 saturated heterocycles. The Labute approximate surface area is 172 Å². The van der Waals surface area contributed by atoms with Crippen LogP contribution in [0.15, 0.2) is 104 Å². The Morgan fingerprint density at radius 2 is 1.59 bits per heavy atom. The Balaban J connectivity index is 0.000000169. The minimum Gasteiger partial charge on any atom is -0.306 e. The fourth-order valence-electron chi connectivity index (χ4n) is 3.07. The summed E-state index contributed by atoms with van der Waals surface area (Å²) in [5, 5.41) is 0. The van der Waals surface area contributed by atoms with Gasteiger partial charge >= 0.3 is 0 Å². The predicted molar refractivity (Wildman–Crippen MR) is 119 cm³/mol. The molecular weight excluding hydrogens is 358 g/mol. The normalized spacial score (nSPS) is 10.0. The summed E-state index contributed by atoms with van der Waals surface area (Å²) < 4.78 is 14.6. The minimum absolute atomic E-state index is 0.207. The third-order valence-electron chi connectivity index (χ3n) is 4.43. The fourth-order valence-corrected chi connectivity index (χ4v) is 3.07. The molecule has 0 aliphatic heterocycles. The highest BCUT2D eigenvalue weighted by Crippen LogP contribution is 2.23. The molecule has 142 valence electrons. The first-order valence-electron chi connectivity index (χ1n) is 9.44. The van der Waals surface area contributed by atoms with Crippen molar-refractivity contribution in [1.29, 1.82) is 0 Å². The number of imidazole rings is 1. The van der Waals surface area contributed by atoms with Gasteiger partial charge in [0, 0.05) is 18.1 Å². The molecular formula is C25H22BFN2. The Morgan fingerprint density at radius 1 is 0.966 bits per heavy atom. The van der Waals surface area contributed by atoms with E-state index in [1.165, 1.54) is 28.8 Å². The van der Waals surface area contributed by atoms with Crippen molar-refractivity contribution in [3.63, 3.8) is 0 Å². The summed E-state index contributed by atoms with van der Waals surface area (Å²) >= 11 is 0. The van der Waals surface area contributed by atoms with E-state index in [2.05, 4.69) is 35.3 Å². The van der Waals surface area contributed by atoms with E-state index in [1.54, 1.807) is 18.6 Å². The lowest BCUT2D eigenvalue weighted by Crippen LogP contribution is -1.93. The van der Waals surface area contributed by atoms with E-state index in [0.717, 1.165) is 11.3 Å². The molecule has 4 aromatic rings. The Bertz CT molecular complexity index is 1000. The molecule has 2 nitrogen and oxygen atoms in total. The third kappa shape index (κ3) is 5.55. The summed E-state index contributed by atoms with van der Waals surface area (Å²) in [5.74, 6) is -0.207. The van der Waals surface area contributed by atoms with Gasteiger partial charge in [0.05, 0.1) is 14.2 Å². The molecule has 0 spiro atoms. The molecule has 0 fully saturated rings. The first-order chi connectivity index (χ1) is 14.2. The summed E-state index contributed by atoms with van der Waals surface area (Å²) in [6.07, 6.45) is 7.84. The third-order valence-corrected chi connectivity index (χ3v) is 4.43. The maximum absolute atomic E-state index is 12.8. The van der Waals surface area contributed by atoms with Crippen LogP contribution in [-0.4, -0.2) is 17.4 Å². The van der Waals surface area contributed by atoms with Gasteiger partial charge in [0.25, 0.3) is 0 Å². The lowest BCUT2D eigenvalue weighted by Gasteiger charge is -2.07. The summed E-state index contributed by atoms with van der Waals surface area (Å²) in [6.45, 7) is 1.87. The van der Waals surface area contributed by atoms with Gasteiger partial charge in [-0.05, 0) is 47.4 Å². The Kier molecular flexibility index (Phi) is 7.18. The number of hydrogen-bond donors (Lipinski definition) is 0. The van der Waals surface area contributed by atoms with Gasteiger partial charge in [0.2, 0.25) is 0 Å². The van der Waals surface area contributed by atoms with E-state index in [0.29, 0.717) is 6.32 Å². The highest BCUT2D eigenvalue weighted by molar-refractivity contribution is 6.10. The second kappa shape index (κ2) is 10.2. The molecule has 1 aromatic heterocycles. The molecule has 0 unspecified atom stereocenters. The van der Waals surface area contributed by atoms with Gasteiger partial charge < -0.3 is 4.57 Å². The Hall–Kier alpha value is -3.40. The highest BCUT2D eigenvalue weighted by Gasteiger charge is 2.02. The number of aromatic nitrogens is 2. The predicted octanol–water partition coefficient (Wildman–Crippen LogP) is 6.02. The Morgan fingerprint density at radius 3 is 2.07 bits per heavy atom. The number of benzene rings is 3. The van der Waals surface area contributed by atoms with Crippen molar-refractivity contribution in [3.8, 4) is 5.69 Å². The van der Waals surface area contributed by atoms with Crippen LogP contribution in [0.4, 0.5) is 4.39 Å². The second-order valence-corrected chi connectivity index (χ2v) is 6.49. The van der Waals surface area contributed by atoms with Crippen LogP contribution < -0.4 is 0 Å². The van der Waals surface area contributed by atoms with Gasteiger partial charge in [0.15, 0.2) is 0 Å². The van der Waals surface area contributed by atoms with E-state index in [9.17, 15) is 4.39 Å². The van der Waals surface area contributed by atoms with Gasteiger partial charge in [-0.15, -0.1) is 0 Å². The molecule has 2 radical (unpaired) electrons. The maximum Gasteiger partial charge on any atom is 0.123 e.